The standard InChI is InChI=1S/C32H38N2O3/c1-3-29(27-16-9-5-10-17-27)31(36)34-21-13-20-32(24-34,25-37-28-18-11-6-12-19-28)22-30(35)33(2)23-26-14-7-4-8-15-26/h4-12,14-19,29H,3,13,20-25H2,1-2H3/t29-,32-/m0/s1. The number of benzene rings is 3. The second-order valence-corrected chi connectivity index (χ2v) is 10.2. The predicted molar refractivity (Wildman–Crippen MR) is 147 cm³/mol. The third-order valence-corrected chi connectivity index (χ3v) is 7.38. The molecule has 0 unspecified atom stereocenters. The highest BCUT2D eigenvalue weighted by Gasteiger charge is 2.41. The molecule has 1 aliphatic heterocycles. The Hall–Kier alpha value is -3.60. The van der Waals surface area contributed by atoms with Crippen LogP contribution in [-0.4, -0.2) is 48.4 Å². The number of carbonyl (C=O) groups excluding carboxylic acids is 2. The molecular weight excluding hydrogens is 460 g/mol. The molecule has 2 amide bonds. The van der Waals surface area contributed by atoms with Crippen molar-refractivity contribution < 1.29 is 14.3 Å². The maximum absolute atomic E-state index is 13.7. The first-order valence-corrected chi connectivity index (χ1v) is 13.3. The summed E-state index contributed by atoms with van der Waals surface area (Å²) in [5.74, 6) is 0.821. The van der Waals surface area contributed by atoms with Crippen molar-refractivity contribution in [3.8, 4) is 5.75 Å². The summed E-state index contributed by atoms with van der Waals surface area (Å²) in [4.78, 5) is 31.0. The van der Waals surface area contributed by atoms with Gasteiger partial charge in [-0.15, -0.1) is 0 Å². The number of amides is 2. The van der Waals surface area contributed by atoms with Crippen molar-refractivity contribution in [2.75, 3.05) is 26.7 Å². The summed E-state index contributed by atoms with van der Waals surface area (Å²) in [6, 6.07) is 29.8. The minimum Gasteiger partial charge on any atom is -0.493 e. The van der Waals surface area contributed by atoms with E-state index < -0.39 is 5.41 Å². The molecule has 0 spiro atoms. The summed E-state index contributed by atoms with van der Waals surface area (Å²) < 4.78 is 6.24. The summed E-state index contributed by atoms with van der Waals surface area (Å²) in [6.45, 7) is 4.25. The number of piperidine rings is 1. The van der Waals surface area contributed by atoms with E-state index in [1.165, 1.54) is 0 Å². The normalized spacial score (nSPS) is 18.2. The van der Waals surface area contributed by atoms with Gasteiger partial charge in [0.1, 0.15) is 5.75 Å². The smallest absolute Gasteiger partial charge is 0.230 e. The highest BCUT2D eigenvalue weighted by molar-refractivity contribution is 5.84. The zero-order chi connectivity index (χ0) is 26.1. The molecule has 5 nitrogen and oxygen atoms in total. The van der Waals surface area contributed by atoms with Crippen LogP contribution >= 0.6 is 0 Å². The van der Waals surface area contributed by atoms with Crippen molar-refractivity contribution in [1.29, 1.82) is 0 Å². The average molecular weight is 499 g/mol. The van der Waals surface area contributed by atoms with Crippen LogP contribution in [-0.2, 0) is 16.1 Å². The minimum absolute atomic E-state index is 0.0740. The highest BCUT2D eigenvalue weighted by Crippen LogP contribution is 2.37. The second kappa shape index (κ2) is 12.6. The van der Waals surface area contributed by atoms with Crippen molar-refractivity contribution in [2.45, 2.75) is 45.1 Å². The summed E-state index contributed by atoms with van der Waals surface area (Å²) >= 11 is 0. The van der Waals surface area contributed by atoms with Crippen molar-refractivity contribution in [3.05, 3.63) is 102 Å². The van der Waals surface area contributed by atoms with Crippen LogP contribution in [0.15, 0.2) is 91.0 Å². The van der Waals surface area contributed by atoms with E-state index >= 15 is 0 Å². The van der Waals surface area contributed by atoms with E-state index in [9.17, 15) is 9.59 Å². The Morgan fingerprint density at radius 3 is 2.22 bits per heavy atom. The van der Waals surface area contributed by atoms with E-state index in [0.717, 1.165) is 36.1 Å². The summed E-state index contributed by atoms with van der Waals surface area (Å²) in [5, 5.41) is 0. The summed E-state index contributed by atoms with van der Waals surface area (Å²) in [7, 11) is 1.86. The average Bonchev–Trinajstić information content (AvgIpc) is 2.94. The molecule has 0 aliphatic carbocycles. The van der Waals surface area contributed by atoms with Crippen LogP contribution in [0.25, 0.3) is 0 Å². The van der Waals surface area contributed by atoms with E-state index in [-0.39, 0.29) is 17.7 Å². The van der Waals surface area contributed by atoms with Crippen LogP contribution in [0.5, 0.6) is 5.75 Å². The molecule has 0 N–H and O–H groups in total. The van der Waals surface area contributed by atoms with Crippen LogP contribution in [0.2, 0.25) is 0 Å². The SMILES string of the molecule is CC[C@H](C(=O)N1CCC[C@](COc2ccccc2)(CC(=O)N(C)Cc2ccccc2)C1)c1ccccc1. The molecule has 3 aromatic carbocycles. The van der Waals surface area contributed by atoms with Crippen molar-refractivity contribution in [2.24, 2.45) is 5.41 Å². The van der Waals surface area contributed by atoms with Gasteiger partial charge < -0.3 is 14.5 Å². The lowest BCUT2D eigenvalue weighted by Crippen LogP contribution is -2.51. The number of carbonyl (C=O) groups is 2. The van der Waals surface area contributed by atoms with Gasteiger partial charge in [-0.2, -0.15) is 0 Å². The first-order chi connectivity index (χ1) is 18.0. The van der Waals surface area contributed by atoms with Gasteiger partial charge in [0.05, 0.1) is 12.5 Å². The van der Waals surface area contributed by atoms with E-state index in [1.807, 2.05) is 103 Å². The lowest BCUT2D eigenvalue weighted by molar-refractivity contribution is -0.142. The fraction of sp³-hybridized carbons (Fsp3) is 0.375. The van der Waals surface area contributed by atoms with E-state index in [2.05, 4.69) is 6.92 Å². The number of para-hydroxylation sites is 1. The maximum Gasteiger partial charge on any atom is 0.230 e. The highest BCUT2D eigenvalue weighted by atomic mass is 16.5. The monoisotopic (exact) mass is 498 g/mol. The van der Waals surface area contributed by atoms with Gasteiger partial charge >= 0.3 is 0 Å². The quantitative estimate of drug-likeness (QED) is 0.349. The van der Waals surface area contributed by atoms with Crippen LogP contribution in [0.1, 0.15) is 49.7 Å². The van der Waals surface area contributed by atoms with Gasteiger partial charge in [0.2, 0.25) is 11.8 Å². The molecule has 0 saturated carbocycles. The van der Waals surface area contributed by atoms with Gasteiger partial charge in [-0.25, -0.2) is 0 Å². The van der Waals surface area contributed by atoms with E-state index in [0.29, 0.717) is 32.7 Å². The largest absolute Gasteiger partial charge is 0.493 e. The molecule has 3 aromatic rings. The Morgan fingerprint density at radius 1 is 0.946 bits per heavy atom. The molecule has 1 heterocycles. The predicted octanol–water partition coefficient (Wildman–Crippen LogP) is 5.92. The third kappa shape index (κ3) is 7.00. The number of ether oxygens (including phenoxy) is 1. The maximum atomic E-state index is 13.7. The Labute approximate surface area is 221 Å². The van der Waals surface area contributed by atoms with Crippen molar-refractivity contribution >= 4 is 11.8 Å². The lowest BCUT2D eigenvalue weighted by atomic mass is 9.76. The molecule has 1 fully saturated rings. The van der Waals surface area contributed by atoms with Gasteiger partial charge in [-0.1, -0.05) is 85.8 Å². The molecule has 1 saturated heterocycles. The van der Waals surface area contributed by atoms with Crippen LogP contribution in [0.4, 0.5) is 0 Å². The first kappa shape index (κ1) is 26.5. The molecular formula is C32H38N2O3. The molecule has 5 heteroatoms. The van der Waals surface area contributed by atoms with Crippen molar-refractivity contribution in [1.82, 2.24) is 9.80 Å². The van der Waals surface area contributed by atoms with Gasteiger partial charge in [-0.05, 0) is 42.5 Å². The molecule has 1 aliphatic rings. The van der Waals surface area contributed by atoms with E-state index in [4.69, 9.17) is 4.74 Å². The minimum atomic E-state index is -0.444. The zero-order valence-electron chi connectivity index (χ0n) is 22.0. The lowest BCUT2D eigenvalue weighted by Gasteiger charge is -2.43. The summed E-state index contributed by atoms with van der Waals surface area (Å²) in [6.07, 6.45) is 2.78. The number of nitrogens with zero attached hydrogens (tertiary/aromatic N) is 2. The Bertz CT molecular complexity index is 1140. The molecule has 37 heavy (non-hydrogen) atoms. The number of hydrogen-bond acceptors (Lipinski definition) is 3. The van der Waals surface area contributed by atoms with Gasteiger partial charge in [0.25, 0.3) is 0 Å². The molecule has 4 rings (SSSR count). The van der Waals surface area contributed by atoms with Gasteiger partial charge in [0, 0.05) is 38.5 Å². The van der Waals surface area contributed by atoms with Gasteiger partial charge in [-0.3, -0.25) is 9.59 Å². The number of likely N-dealkylation sites (tertiary alicyclic amines) is 1. The molecule has 194 valence electrons. The fourth-order valence-corrected chi connectivity index (χ4v) is 5.32. The van der Waals surface area contributed by atoms with Crippen molar-refractivity contribution in [3.63, 3.8) is 0 Å². The first-order valence-electron chi connectivity index (χ1n) is 13.3. The fourth-order valence-electron chi connectivity index (χ4n) is 5.32. The Morgan fingerprint density at radius 2 is 1.57 bits per heavy atom. The second-order valence-electron chi connectivity index (χ2n) is 10.2. The van der Waals surface area contributed by atoms with Crippen LogP contribution in [0.3, 0.4) is 0 Å². The third-order valence-electron chi connectivity index (χ3n) is 7.38. The summed E-state index contributed by atoms with van der Waals surface area (Å²) in [5.41, 5.74) is 1.70. The van der Waals surface area contributed by atoms with E-state index in [1.54, 1.807) is 4.90 Å². The Kier molecular flexibility index (Phi) is 8.99. The molecule has 0 radical (unpaired) electrons. The zero-order valence-corrected chi connectivity index (χ0v) is 22.0. The van der Waals surface area contributed by atoms with Crippen LogP contribution in [0, 0.1) is 5.41 Å². The number of hydrogen-bond donors (Lipinski definition) is 0. The topological polar surface area (TPSA) is 49.9 Å². The van der Waals surface area contributed by atoms with Gasteiger partial charge in [0.15, 0.2) is 0 Å². The molecule has 2 atom stereocenters. The number of rotatable bonds is 10. The molecule has 0 bridgehead atoms. The Balaban J connectivity index is 1.52. The molecule has 0 aromatic heterocycles. The van der Waals surface area contributed by atoms with Crippen LogP contribution < -0.4 is 4.74 Å².